The van der Waals surface area contributed by atoms with Crippen LogP contribution in [0.2, 0.25) is 0 Å². The number of hydrogen-bond acceptors (Lipinski definition) is 11. The molecule has 13 heteroatoms. The third-order valence-electron chi connectivity index (χ3n) is 4.58. The first-order chi connectivity index (χ1) is 18.2. The average molecular weight is 480 g/mol. The highest BCUT2D eigenvalue weighted by Gasteiger charge is 2.19. The van der Waals surface area contributed by atoms with Gasteiger partial charge in [0.05, 0.1) is 43.6 Å². The van der Waals surface area contributed by atoms with Gasteiger partial charge < -0.3 is 25.4 Å². The van der Waals surface area contributed by atoms with Crippen LogP contribution in [0.3, 0.4) is 0 Å². The molecule has 0 bridgehead atoms. The predicted molar refractivity (Wildman–Crippen MR) is 125 cm³/mol. The molecule has 0 saturated carbocycles. The largest absolute Gasteiger partial charge is 0.494 e. The van der Waals surface area contributed by atoms with Crippen LogP contribution in [0.25, 0.3) is 11.4 Å². The van der Waals surface area contributed by atoms with Gasteiger partial charge in [-0.05, 0) is 18.2 Å². The van der Waals surface area contributed by atoms with Gasteiger partial charge in [0.2, 0.25) is 5.88 Å². The summed E-state index contributed by atoms with van der Waals surface area (Å²) in [5.41, 5.74) is 0.558. The van der Waals surface area contributed by atoms with Gasteiger partial charge in [0, 0.05) is 23.2 Å². The molecule has 0 aliphatic carbocycles. The van der Waals surface area contributed by atoms with E-state index >= 15 is 0 Å². The zero-order valence-electron chi connectivity index (χ0n) is 21.4. The zero-order valence-corrected chi connectivity index (χ0v) is 18.4. The minimum atomic E-state index is -2.76. The van der Waals surface area contributed by atoms with Gasteiger partial charge in [0.1, 0.15) is 0 Å². The van der Waals surface area contributed by atoms with Crippen LogP contribution in [0.5, 0.6) is 11.6 Å². The Kier molecular flexibility index (Phi) is 5.76. The predicted octanol–water partition coefficient (Wildman–Crippen LogP) is 2.73. The SMILES string of the molecule is [2H]C([2H])([2H])NC(=O)c1nnc(Nc2ccc(OC)nn2)cc1Nc1cccc(-c2ncc(F)cn2)c1OC. The first kappa shape index (κ1) is 19.5. The summed E-state index contributed by atoms with van der Waals surface area (Å²) in [5, 5.41) is 23.5. The number of para-hydroxylation sites is 1. The van der Waals surface area contributed by atoms with Crippen molar-refractivity contribution in [2.24, 2.45) is 0 Å². The lowest BCUT2D eigenvalue weighted by molar-refractivity contribution is 0.0958. The summed E-state index contributed by atoms with van der Waals surface area (Å²) in [5.74, 6) is -0.357. The van der Waals surface area contributed by atoms with E-state index in [0.717, 1.165) is 12.4 Å². The number of hydrogen-bond donors (Lipinski definition) is 3. The molecule has 0 spiro atoms. The minimum Gasteiger partial charge on any atom is -0.494 e. The lowest BCUT2D eigenvalue weighted by atomic mass is 10.1. The molecule has 0 radical (unpaired) electrons. The molecule has 12 nitrogen and oxygen atoms in total. The third-order valence-corrected chi connectivity index (χ3v) is 4.58. The fourth-order valence-electron chi connectivity index (χ4n) is 3.03. The van der Waals surface area contributed by atoms with E-state index in [2.05, 4.69) is 41.0 Å². The van der Waals surface area contributed by atoms with E-state index < -0.39 is 18.7 Å². The molecule has 4 rings (SSSR count). The van der Waals surface area contributed by atoms with Crippen LogP contribution in [0.4, 0.5) is 27.4 Å². The quantitative estimate of drug-likeness (QED) is 0.342. The van der Waals surface area contributed by atoms with E-state index in [1.165, 1.54) is 20.3 Å². The van der Waals surface area contributed by atoms with Crippen LogP contribution >= 0.6 is 0 Å². The van der Waals surface area contributed by atoms with Crippen LogP contribution in [0, 0.1) is 5.82 Å². The summed E-state index contributed by atoms with van der Waals surface area (Å²) in [7, 11) is 2.87. The number of rotatable bonds is 8. The third kappa shape index (κ3) is 5.19. The number of carbonyl (C=O) groups is 1. The molecule has 3 aromatic heterocycles. The molecule has 0 aliphatic rings. The van der Waals surface area contributed by atoms with Crippen molar-refractivity contribution in [3.8, 4) is 23.0 Å². The maximum atomic E-state index is 13.3. The van der Waals surface area contributed by atoms with Gasteiger partial charge in [-0.15, -0.1) is 20.4 Å². The Labute approximate surface area is 203 Å². The summed E-state index contributed by atoms with van der Waals surface area (Å²) < 4.78 is 46.0. The van der Waals surface area contributed by atoms with Crippen molar-refractivity contribution in [2.45, 2.75) is 0 Å². The van der Waals surface area contributed by atoms with Crippen LogP contribution in [-0.2, 0) is 0 Å². The van der Waals surface area contributed by atoms with Gasteiger partial charge in [-0.25, -0.2) is 14.4 Å². The normalized spacial score (nSPS) is 12.0. The van der Waals surface area contributed by atoms with Crippen LogP contribution in [0.15, 0.2) is 48.8 Å². The number of aromatic nitrogens is 6. The fourth-order valence-corrected chi connectivity index (χ4v) is 3.03. The Balaban J connectivity index is 1.73. The van der Waals surface area contributed by atoms with Crippen LogP contribution in [-0.4, -0.2) is 57.5 Å². The molecular weight excluding hydrogens is 457 g/mol. The summed E-state index contributed by atoms with van der Waals surface area (Å²) in [6.45, 7) is -2.76. The summed E-state index contributed by atoms with van der Waals surface area (Å²) >= 11 is 0. The van der Waals surface area contributed by atoms with Crippen molar-refractivity contribution in [2.75, 3.05) is 31.8 Å². The number of carbonyl (C=O) groups excluding carboxylic acids is 1. The molecule has 0 atom stereocenters. The number of nitrogens with zero attached hydrogens (tertiary/aromatic N) is 6. The van der Waals surface area contributed by atoms with E-state index in [1.807, 2.05) is 5.32 Å². The number of amides is 1. The van der Waals surface area contributed by atoms with E-state index in [1.54, 1.807) is 30.3 Å². The second-order valence-electron chi connectivity index (χ2n) is 6.77. The molecule has 0 unspecified atom stereocenters. The van der Waals surface area contributed by atoms with Gasteiger partial charge in [-0.1, -0.05) is 6.07 Å². The summed E-state index contributed by atoms with van der Waals surface area (Å²) in [4.78, 5) is 20.7. The Morgan fingerprint density at radius 3 is 2.43 bits per heavy atom. The van der Waals surface area contributed by atoms with Gasteiger partial charge in [0.25, 0.3) is 5.91 Å². The Bertz CT molecular complexity index is 1440. The van der Waals surface area contributed by atoms with Gasteiger partial charge in [-0.3, -0.25) is 4.79 Å². The smallest absolute Gasteiger partial charge is 0.273 e. The monoisotopic (exact) mass is 480 g/mol. The standard InChI is InChI=1S/C22H20FN9O3/c1-24-22(33)19-15(9-17(30-32-19)28-16-7-8-18(34-2)31-29-16)27-14-6-4-5-13(20(14)35-3)21-25-10-12(23)11-26-21/h4-11H,1-3H3,(H,24,33)(H2,27,28,29,30)/i1D3. The highest BCUT2D eigenvalue weighted by molar-refractivity contribution is 5.99. The maximum Gasteiger partial charge on any atom is 0.273 e. The lowest BCUT2D eigenvalue weighted by Gasteiger charge is -2.16. The van der Waals surface area contributed by atoms with Gasteiger partial charge in [-0.2, -0.15) is 0 Å². The van der Waals surface area contributed by atoms with Crippen molar-refractivity contribution >= 4 is 28.9 Å². The highest BCUT2D eigenvalue weighted by atomic mass is 19.1. The van der Waals surface area contributed by atoms with Crippen molar-refractivity contribution in [3.05, 3.63) is 60.3 Å². The van der Waals surface area contributed by atoms with Crippen molar-refractivity contribution in [1.82, 2.24) is 35.7 Å². The number of methoxy groups -OCH3 is 2. The van der Waals surface area contributed by atoms with Gasteiger partial charge >= 0.3 is 0 Å². The number of halogens is 1. The minimum absolute atomic E-state index is 0.0844. The molecule has 0 fully saturated rings. The molecule has 35 heavy (non-hydrogen) atoms. The Morgan fingerprint density at radius 2 is 1.74 bits per heavy atom. The van der Waals surface area contributed by atoms with Crippen molar-refractivity contribution in [1.29, 1.82) is 0 Å². The lowest BCUT2D eigenvalue weighted by Crippen LogP contribution is -2.21. The second-order valence-corrected chi connectivity index (χ2v) is 6.77. The molecule has 178 valence electrons. The van der Waals surface area contributed by atoms with E-state index in [-0.39, 0.29) is 28.8 Å². The fraction of sp³-hybridized carbons (Fsp3) is 0.136. The first-order valence-electron chi connectivity index (χ1n) is 11.4. The molecule has 1 aromatic carbocycles. The summed E-state index contributed by atoms with van der Waals surface area (Å²) in [6, 6.07) is 9.56. The van der Waals surface area contributed by atoms with E-state index in [9.17, 15) is 9.18 Å². The molecular formula is C22H20FN9O3. The second kappa shape index (κ2) is 10.3. The van der Waals surface area contributed by atoms with Crippen LogP contribution in [0.1, 0.15) is 14.6 Å². The molecule has 1 amide bonds. The number of anilines is 4. The zero-order chi connectivity index (χ0) is 27.3. The maximum absolute atomic E-state index is 13.3. The first-order valence-corrected chi connectivity index (χ1v) is 9.94. The number of ether oxygens (including phenoxy) is 2. The molecule has 0 saturated heterocycles. The highest BCUT2D eigenvalue weighted by Crippen LogP contribution is 2.37. The molecule has 4 aromatic rings. The van der Waals surface area contributed by atoms with Crippen molar-refractivity contribution < 1.29 is 22.8 Å². The number of benzene rings is 1. The van der Waals surface area contributed by atoms with Crippen molar-refractivity contribution in [3.63, 3.8) is 0 Å². The number of nitrogens with one attached hydrogen (secondary N) is 3. The topological polar surface area (TPSA) is 149 Å². The summed E-state index contributed by atoms with van der Waals surface area (Å²) in [6.07, 6.45) is 2.04. The van der Waals surface area contributed by atoms with E-state index in [0.29, 0.717) is 22.9 Å². The van der Waals surface area contributed by atoms with E-state index in [4.69, 9.17) is 13.6 Å². The molecule has 0 aliphatic heterocycles. The Hall–Kier alpha value is -4.94. The van der Waals surface area contributed by atoms with Crippen LogP contribution < -0.4 is 25.4 Å². The average Bonchev–Trinajstić information content (AvgIpc) is 2.88. The Morgan fingerprint density at radius 1 is 0.943 bits per heavy atom. The molecule has 3 heterocycles. The molecule has 3 N–H and O–H groups in total. The van der Waals surface area contributed by atoms with Gasteiger partial charge in [0.15, 0.2) is 34.7 Å².